The molecule has 0 bridgehead atoms. The average Bonchev–Trinajstić information content (AvgIpc) is 2.45. The van der Waals surface area contributed by atoms with Crippen molar-refractivity contribution in [3.63, 3.8) is 0 Å². The van der Waals surface area contributed by atoms with Gasteiger partial charge >= 0.3 is 5.97 Å². The Hall–Kier alpha value is -1.58. The van der Waals surface area contributed by atoms with Crippen molar-refractivity contribution in [3.05, 3.63) is 23.0 Å². The summed E-state index contributed by atoms with van der Waals surface area (Å²) in [5.41, 5.74) is 2.13. The van der Waals surface area contributed by atoms with E-state index in [0.717, 1.165) is 17.7 Å². The Balaban J connectivity index is 3.06. The lowest BCUT2D eigenvalue weighted by molar-refractivity contribution is -0.132. The number of carboxylic acid groups (broad SMARTS) is 1. The number of rotatable bonds is 3. The summed E-state index contributed by atoms with van der Waals surface area (Å²) in [6.07, 6.45) is 4.28. The Morgan fingerprint density at radius 1 is 1.71 bits per heavy atom. The number of carboxylic acids is 1. The second-order valence-electron chi connectivity index (χ2n) is 3.19. The smallest absolute Gasteiger partial charge is 0.331 e. The lowest BCUT2D eigenvalue weighted by Crippen LogP contribution is -1.95. The van der Waals surface area contributed by atoms with Crippen molar-refractivity contribution < 1.29 is 9.90 Å². The normalized spacial score (nSPS) is 11.8. The van der Waals surface area contributed by atoms with E-state index in [0.29, 0.717) is 5.57 Å². The van der Waals surface area contributed by atoms with Gasteiger partial charge < -0.3 is 5.11 Å². The zero-order valence-corrected chi connectivity index (χ0v) is 8.61. The van der Waals surface area contributed by atoms with Crippen LogP contribution in [0.25, 0.3) is 6.08 Å². The molecule has 1 heterocycles. The van der Waals surface area contributed by atoms with Gasteiger partial charge in [0.2, 0.25) is 0 Å². The Bertz CT molecular complexity index is 377. The van der Waals surface area contributed by atoms with Crippen molar-refractivity contribution >= 4 is 12.0 Å². The van der Waals surface area contributed by atoms with Gasteiger partial charge in [-0.3, -0.25) is 4.68 Å². The van der Waals surface area contributed by atoms with Crippen molar-refractivity contribution in [1.82, 2.24) is 9.78 Å². The van der Waals surface area contributed by atoms with E-state index >= 15 is 0 Å². The van der Waals surface area contributed by atoms with Crippen LogP contribution in [0, 0.1) is 0 Å². The summed E-state index contributed by atoms with van der Waals surface area (Å²) < 4.78 is 1.69. The SMILES string of the molecule is CCc1nn(C)cc1/C=C(/C)C(=O)O. The first-order valence-corrected chi connectivity index (χ1v) is 4.48. The molecule has 0 unspecified atom stereocenters. The minimum absolute atomic E-state index is 0.327. The lowest BCUT2D eigenvalue weighted by Gasteiger charge is -1.93. The first kappa shape index (κ1) is 10.5. The largest absolute Gasteiger partial charge is 0.478 e. The van der Waals surface area contributed by atoms with E-state index in [9.17, 15) is 4.79 Å². The third-order valence-corrected chi connectivity index (χ3v) is 1.98. The molecule has 0 aromatic carbocycles. The molecular formula is C10H14N2O2. The Kier molecular flexibility index (Phi) is 3.06. The number of carbonyl (C=O) groups is 1. The van der Waals surface area contributed by atoms with Crippen LogP contribution in [0.3, 0.4) is 0 Å². The van der Waals surface area contributed by atoms with E-state index in [1.807, 2.05) is 20.2 Å². The maximum absolute atomic E-state index is 10.6. The second kappa shape index (κ2) is 4.09. The Labute approximate surface area is 82.9 Å². The summed E-state index contributed by atoms with van der Waals surface area (Å²) in [6, 6.07) is 0. The van der Waals surface area contributed by atoms with E-state index in [1.165, 1.54) is 0 Å². The molecule has 1 aromatic rings. The van der Waals surface area contributed by atoms with Crippen molar-refractivity contribution in [1.29, 1.82) is 0 Å². The number of aryl methyl sites for hydroxylation is 2. The number of aromatic nitrogens is 2. The molecule has 0 aliphatic rings. The molecule has 0 spiro atoms. The number of hydrogen-bond acceptors (Lipinski definition) is 2. The third-order valence-electron chi connectivity index (χ3n) is 1.98. The fraction of sp³-hybridized carbons (Fsp3) is 0.400. The molecule has 0 saturated carbocycles. The summed E-state index contributed by atoms with van der Waals surface area (Å²) in [4.78, 5) is 10.6. The molecule has 4 heteroatoms. The highest BCUT2D eigenvalue weighted by molar-refractivity contribution is 5.91. The molecule has 4 nitrogen and oxygen atoms in total. The third kappa shape index (κ3) is 2.22. The van der Waals surface area contributed by atoms with Gasteiger partial charge in [0.05, 0.1) is 5.69 Å². The highest BCUT2D eigenvalue weighted by Crippen LogP contribution is 2.11. The van der Waals surface area contributed by atoms with Gasteiger partial charge in [-0.1, -0.05) is 6.92 Å². The minimum Gasteiger partial charge on any atom is -0.478 e. The highest BCUT2D eigenvalue weighted by Gasteiger charge is 2.06. The summed E-state index contributed by atoms with van der Waals surface area (Å²) in [5, 5.41) is 12.9. The molecule has 1 rings (SSSR count). The summed E-state index contributed by atoms with van der Waals surface area (Å²) >= 11 is 0. The fourth-order valence-electron chi connectivity index (χ4n) is 1.24. The highest BCUT2D eigenvalue weighted by atomic mass is 16.4. The summed E-state index contributed by atoms with van der Waals surface area (Å²) in [7, 11) is 1.83. The maximum atomic E-state index is 10.6. The van der Waals surface area contributed by atoms with Gasteiger partial charge in [-0.15, -0.1) is 0 Å². The molecule has 0 saturated heterocycles. The van der Waals surface area contributed by atoms with Crippen molar-refractivity contribution in [2.45, 2.75) is 20.3 Å². The van der Waals surface area contributed by atoms with E-state index < -0.39 is 5.97 Å². The molecule has 0 aliphatic carbocycles. The van der Waals surface area contributed by atoms with Crippen molar-refractivity contribution in [2.24, 2.45) is 7.05 Å². The quantitative estimate of drug-likeness (QED) is 0.741. The van der Waals surface area contributed by atoms with E-state index in [-0.39, 0.29) is 0 Å². The van der Waals surface area contributed by atoms with E-state index in [2.05, 4.69) is 5.10 Å². The molecule has 0 radical (unpaired) electrons. The standard InChI is InChI=1S/C10H14N2O2/c1-4-9-8(6-12(3)11-9)5-7(2)10(13)14/h5-6H,4H2,1-3H3,(H,13,14)/b7-5-. The van der Waals surface area contributed by atoms with Crippen LogP contribution in [0.1, 0.15) is 25.1 Å². The van der Waals surface area contributed by atoms with Gasteiger partial charge in [0.1, 0.15) is 0 Å². The zero-order chi connectivity index (χ0) is 10.7. The van der Waals surface area contributed by atoms with Gasteiger partial charge in [0.15, 0.2) is 0 Å². The van der Waals surface area contributed by atoms with Crippen LogP contribution in [-0.4, -0.2) is 20.9 Å². The number of nitrogens with zero attached hydrogens (tertiary/aromatic N) is 2. The van der Waals surface area contributed by atoms with Crippen LogP contribution in [-0.2, 0) is 18.3 Å². The molecular weight excluding hydrogens is 180 g/mol. The Morgan fingerprint density at radius 3 is 2.86 bits per heavy atom. The molecule has 0 amide bonds. The van der Waals surface area contributed by atoms with Crippen LogP contribution < -0.4 is 0 Å². The van der Waals surface area contributed by atoms with E-state index in [4.69, 9.17) is 5.11 Å². The maximum Gasteiger partial charge on any atom is 0.331 e. The van der Waals surface area contributed by atoms with E-state index in [1.54, 1.807) is 17.7 Å². The monoisotopic (exact) mass is 194 g/mol. The van der Waals surface area contributed by atoms with Gasteiger partial charge in [-0.2, -0.15) is 5.10 Å². The fourth-order valence-corrected chi connectivity index (χ4v) is 1.24. The van der Waals surface area contributed by atoms with Crippen molar-refractivity contribution in [3.8, 4) is 0 Å². The van der Waals surface area contributed by atoms with Gasteiger partial charge in [0.25, 0.3) is 0 Å². The molecule has 0 aliphatic heterocycles. The van der Waals surface area contributed by atoms with Gasteiger partial charge in [-0.25, -0.2) is 4.79 Å². The topological polar surface area (TPSA) is 55.1 Å². The summed E-state index contributed by atoms with van der Waals surface area (Å²) in [6.45, 7) is 3.57. The van der Waals surface area contributed by atoms with Crippen LogP contribution in [0.5, 0.6) is 0 Å². The molecule has 1 N–H and O–H groups in total. The van der Waals surface area contributed by atoms with Gasteiger partial charge in [-0.05, 0) is 19.4 Å². The first-order chi connectivity index (χ1) is 6.54. The van der Waals surface area contributed by atoms with Crippen LogP contribution in [0.2, 0.25) is 0 Å². The predicted octanol–water partition coefficient (Wildman–Crippen LogP) is 1.47. The molecule has 0 fully saturated rings. The minimum atomic E-state index is -0.893. The van der Waals surface area contributed by atoms with Crippen LogP contribution in [0.4, 0.5) is 0 Å². The molecule has 1 aromatic heterocycles. The molecule has 0 atom stereocenters. The zero-order valence-electron chi connectivity index (χ0n) is 8.61. The van der Waals surface area contributed by atoms with Crippen LogP contribution >= 0.6 is 0 Å². The lowest BCUT2D eigenvalue weighted by atomic mass is 10.1. The number of aliphatic carboxylic acids is 1. The van der Waals surface area contributed by atoms with Gasteiger partial charge in [0, 0.05) is 24.4 Å². The molecule has 14 heavy (non-hydrogen) atoms. The number of hydrogen-bond donors (Lipinski definition) is 1. The van der Waals surface area contributed by atoms with Crippen LogP contribution in [0.15, 0.2) is 11.8 Å². The molecule has 76 valence electrons. The average molecular weight is 194 g/mol. The second-order valence-corrected chi connectivity index (χ2v) is 3.19. The first-order valence-electron chi connectivity index (χ1n) is 4.48. The van der Waals surface area contributed by atoms with Crippen molar-refractivity contribution in [2.75, 3.05) is 0 Å². The predicted molar refractivity (Wildman–Crippen MR) is 53.9 cm³/mol. The Morgan fingerprint density at radius 2 is 2.36 bits per heavy atom. The summed E-state index contributed by atoms with van der Waals surface area (Å²) in [5.74, 6) is -0.893.